The molecule has 2 aliphatic rings. The predicted octanol–water partition coefficient (Wildman–Crippen LogP) is 0.204. The van der Waals surface area contributed by atoms with Crippen LogP contribution >= 0.6 is 0 Å². The van der Waals surface area contributed by atoms with Crippen molar-refractivity contribution in [2.75, 3.05) is 13.1 Å². The molecule has 90 valence electrons. The van der Waals surface area contributed by atoms with Crippen LogP contribution in [0.5, 0.6) is 0 Å². The number of likely N-dealkylation sites (tertiary alicyclic amines) is 1. The van der Waals surface area contributed by atoms with Crippen molar-refractivity contribution in [3.8, 4) is 0 Å². The molecule has 5 heteroatoms. The number of carbonyl (C=O) groups excluding carboxylic acids is 1. The third-order valence-electron chi connectivity index (χ3n) is 3.41. The van der Waals surface area contributed by atoms with E-state index in [2.05, 4.69) is 5.32 Å². The lowest BCUT2D eigenvalue weighted by Crippen LogP contribution is -2.48. The van der Waals surface area contributed by atoms with Gasteiger partial charge in [0, 0.05) is 13.1 Å². The second-order valence-electron chi connectivity index (χ2n) is 4.57. The van der Waals surface area contributed by atoms with Crippen LogP contribution in [0.1, 0.15) is 32.1 Å². The van der Waals surface area contributed by atoms with Crippen LogP contribution in [0.4, 0.5) is 0 Å². The number of aliphatic carboxylic acids is 1. The van der Waals surface area contributed by atoms with Crippen molar-refractivity contribution < 1.29 is 14.7 Å². The Morgan fingerprint density at radius 1 is 1.06 bits per heavy atom. The van der Waals surface area contributed by atoms with Crippen LogP contribution in [0.3, 0.4) is 0 Å². The van der Waals surface area contributed by atoms with Gasteiger partial charge in [-0.2, -0.15) is 0 Å². The maximum Gasteiger partial charge on any atom is 0.320 e. The molecule has 5 nitrogen and oxygen atoms in total. The highest BCUT2D eigenvalue weighted by Gasteiger charge is 2.35. The first kappa shape index (κ1) is 11.4. The number of nitrogens with one attached hydrogen (secondary N) is 1. The summed E-state index contributed by atoms with van der Waals surface area (Å²) >= 11 is 0. The number of hydrogen-bond acceptors (Lipinski definition) is 3. The largest absolute Gasteiger partial charge is 0.480 e. The van der Waals surface area contributed by atoms with Gasteiger partial charge in [0.15, 0.2) is 0 Å². The molecule has 0 unspecified atom stereocenters. The predicted molar refractivity (Wildman–Crippen MR) is 58.0 cm³/mol. The summed E-state index contributed by atoms with van der Waals surface area (Å²) in [7, 11) is 0. The summed E-state index contributed by atoms with van der Waals surface area (Å²) in [5.41, 5.74) is 0. The molecule has 1 amide bonds. The van der Waals surface area contributed by atoms with E-state index in [0.717, 1.165) is 25.9 Å². The Kier molecular flexibility index (Phi) is 3.43. The number of carboxylic acids is 1. The molecule has 2 atom stereocenters. The van der Waals surface area contributed by atoms with E-state index in [-0.39, 0.29) is 11.9 Å². The Balaban J connectivity index is 1.88. The Labute approximate surface area is 94.8 Å². The molecule has 2 saturated heterocycles. The van der Waals surface area contributed by atoms with E-state index in [1.807, 2.05) is 4.90 Å². The first-order chi connectivity index (χ1) is 7.68. The van der Waals surface area contributed by atoms with Gasteiger partial charge in [-0.3, -0.25) is 14.9 Å². The lowest BCUT2D eigenvalue weighted by molar-refractivity contribution is -0.139. The zero-order valence-corrected chi connectivity index (χ0v) is 9.32. The number of piperidine rings is 1. The van der Waals surface area contributed by atoms with E-state index in [0.29, 0.717) is 12.8 Å². The summed E-state index contributed by atoms with van der Waals surface area (Å²) < 4.78 is 0. The molecule has 2 fully saturated rings. The summed E-state index contributed by atoms with van der Waals surface area (Å²) in [6.07, 6.45) is 4.53. The minimum atomic E-state index is -0.853. The normalized spacial score (nSPS) is 30.4. The zero-order valence-electron chi connectivity index (χ0n) is 9.32. The first-order valence-corrected chi connectivity index (χ1v) is 5.96. The van der Waals surface area contributed by atoms with Gasteiger partial charge in [-0.05, 0) is 32.1 Å². The Hall–Kier alpha value is -1.10. The third kappa shape index (κ3) is 2.35. The van der Waals surface area contributed by atoms with Crippen LogP contribution in [-0.2, 0) is 9.59 Å². The van der Waals surface area contributed by atoms with Gasteiger partial charge in [-0.25, -0.2) is 0 Å². The number of rotatable bonds is 2. The molecule has 2 N–H and O–H groups in total. The van der Waals surface area contributed by atoms with E-state index < -0.39 is 12.0 Å². The highest BCUT2D eigenvalue weighted by atomic mass is 16.4. The minimum Gasteiger partial charge on any atom is -0.480 e. The van der Waals surface area contributed by atoms with Crippen LogP contribution in [0, 0.1) is 0 Å². The topological polar surface area (TPSA) is 69.6 Å². The van der Waals surface area contributed by atoms with Crippen molar-refractivity contribution in [3.63, 3.8) is 0 Å². The number of amides is 1. The fourth-order valence-corrected chi connectivity index (χ4v) is 2.47. The van der Waals surface area contributed by atoms with Crippen LogP contribution in [0.15, 0.2) is 0 Å². The molecule has 2 heterocycles. The molecule has 0 aromatic heterocycles. The highest BCUT2D eigenvalue weighted by Crippen LogP contribution is 2.17. The summed E-state index contributed by atoms with van der Waals surface area (Å²) in [6, 6.07) is -0.821. The van der Waals surface area contributed by atoms with E-state index in [4.69, 9.17) is 5.11 Å². The Morgan fingerprint density at radius 3 is 2.25 bits per heavy atom. The quantitative estimate of drug-likeness (QED) is 0.706. The SMILES string of the molecule is O=C(O)[C@@H]1CC[C@H](C(=O)N2CCCCC2)N1. The molecule has 0 aliphatic carbocycles. The maximum absolute atomic E-state index is 12.0. The fraction of sp³-hybridized carbons (Fsp3) is 0.818. The molecule has 0 aromatic rings. The van der Waals surface area contributed by atoms with Gasteiger partial charge in [0.25, 0.3) is 0 Å². The average molecular weight is 226 g/mol. The van der Waals surface area contributed by atoms with Gasteiger partial charge in [0.1, 0.15) is 6.04 Å². The van der Waals surface area contributed by atoms with Crippen molar-refractivity contribution in [1.82, 2.24) is 10.2 Å². The second kappa shape index (κ2) is 4.82. The van der Waals surface area contributed by atoms with Crippen molar-refractivity contribution in [3.05, 3.63) is 0 Å². The minimum absolute atomic E-state index is 0.0865. The zero-order chi connectivity index (χ0) is 11.5. The van der Waals surface area contributed by atoms with Crippen LogP contribution in [0.25, 0.3) is 0 Å². The van der Waals surface area contributed by atoms with E-state index in [1.54, 1.807) is 0 Å². The highest BCUT2D eigenvalue weighted by molar-refractivity contribution is 5.84. The van der Waals surface area contributed by atoms with Crippen molar-refractivity contribution in [1.29, 1.82) is 0 Å². The summed E-state index contributed by atoms with van der Waals surface area (Å²) in [6.45, 7) is 1.66. The molecule has 0 spiro atoms. The molecule has 0 saturated carbocycles. The van der Waals surface area contributed by atoms with E-state index >= 15 is 0 Å². The third-order valence-corrected chi connectivity index (χ3v) is 3.41. The molecular formula is C11H18N2O3. The molecular weight excluding hydrogens is 208 g/mol. The van der Waals surface area contributed by atoms with Gasteiger partial charge < -0.3 is 10.0 Å². The van der Waals surface area contributed by atoms with E-state index in [1.165, 1.54) is 6.42 Å². The van der Waals surface area contributed by atoms with Crippen molar-refractivity contribution in [2.24, 2.45) is 0 Å². The van der Waals surface area contributed by atoms with Gasteiger partial charge in [0.2, 0.25) is 5.91 Å². The fourth-order valence-electron chi connectivity index (χ4n) is 2.47. The standard InChI is InChI=1S/C11H18N2O3/c14-10(13-6-2-1-3-7-13)8-4-5-9(12-8)11(15)16/h8-9,12H,1-7H2,(H,15,16)/t8-,9+/m1/s1. The Morgan fingerprint density at radius 2 is 1.69 bits per heavy atom. The Bertz CT molecular complexity index is 287. The average Bonchev–Trinajstić information content (AvgIpc) is 2.78. The van der Waals surface area contributed by atoms with Crippen molar-refractivity contribution in [2.45, 2.75) is 44.2 Å². The number of carboxylic acid groups (broad SMARTS) is 1. The van der Waals surface area contributed by atoms with Gasteiger partial charge in [0.05, 0.1) is 6.04 Å². The van der Waals surface area contributed by atoms with Crippen molar-refractivity contribution >= 4 is 11.9 Å². The van der Waals surface area contributed by atoms with Gasteiger partial charge >= 0.3 is 5.97 Å². The maximum atomic E-state index is 12.0. The lowest BCUT2D eigenvalue weighted by Gasteiger charge is -2.29. The van der Waals surface area contributed by atoms with Crippen LogP contribution in [0.2, 0.25) is 0 Å². The molecule has 2 rings (SSSR count). The van der Waals surface area contributed by atoms with E-state index in [9.17, 15) is 9.59 Å². The number of carbonyl (C=O) groups is 2. The number of nitrogens with zero attached hydrogens (tertiary/aromatic N) is 1. The second-order valence-corrected chi connectivity index (χ2v) is 4.57. The number of hydrogen-bond donors (Lipinski definition) is 2. The first-order valence-electron chi connectivity index (χ1n) is 5.96. The van der Waals surface area contributed by atoms with Crippen LogP contribution in [-0.4, -0.2) is 47.1 Å². The molecule has 0 radical (unpaired) electrons. The molecule has 0 bridgehead atoms. The monoisotopic (exact) mass is 226 g/mol. The summed E-state index contributed by atoms with van der Waals surface area (Å²) in [5, 5.41) is 11.7. The molecule has 0 aromatic carbocycles. The summed E-state index contributed by atoms with van der Waals surface area (Å²) in [4.78, 5) is 24.7. The molecule has 16 heavy (non-hydrogen) atoms. The van der Waals surface area contributed by atoms with Crippen LogP contribution < -0.4 is 5.32 Å². The van der Waals surface area contributed by atoms with Gasteiger partial charge in [-0.15, -0.1) is 0 Å². The molecule has 2 aliphatic heterocycles. The lowest BCUT2D eigenvalue weighted by atomic mass is 10.1. The van der Waals surface area contributed by atoms with Gasteiger partial charge in [-0.1, -0.05) is 0 Å². The summed E-state index contributed by atoms with van der Waals surface area (Å²) in [5.74, 6) is -0.766. The smallest absolute Gasteiger partial charge is 0.320 e.